The van der Waals surface area contributed by atoms with Crippen molar-refractivity contribution in [2.24, 2.45) is 5.10 Å². The fourth-order valence-corrected chi connectivity index (χ4v) is 2.37. The highest BCUT2D eigenvalue weighted by Gasteiger charge is 2.16. The van der Waals surface area contributed by atoms with Gasteiger partial charge in [-0.15, -0.1) is 0 Å². The van der Waals surface area contributed by atoms with Gasteiger partial charge in [-0.25, -0.2) is 5.43 Å². The van der Waals surface area contributed by atoms with Crippen molar-refractivity contribution in [2.75, 3.05) is 0 Å². The zero-order valence-corrected chi connectivity index (χ0v) is 14.2. The van der Waals surface area contributed by atoms with Gasteiger partial charge >= 0.3 is 0 Å². The highest BCUT2D eigenvalue weighted by atomic mass is 35.5. The van der Waals surface area contributed by atoms with Crippen LogP contribution in [0.4, 0.5) is 0 Å². The Morgan fingerprint density at radius 3 is 2.68 bits per heavy atom. The number of nitrogens with zero attached hydrogens (tertiary/aromatic N) is 3. The number of benzene rings is 2. The van der Waals surface area contributed by atoms with Crippen molar-refractivity contribution < 1.29 is 22.9 Å². The molecule has 6 nitrogen and oxygen atoms in total. The smallest absolute Gasteiger partial charge is 0.298 e. The number of hydrazone groups is 1. The number of hydrogen-bond donors (Lipinski definition) is 2. The second kappa shape index (κ2) is 8.86. The number of carbonyl (C=O) groups excluding carboxylic acids is 1. The van der Waals surface area contributed by atoms with Crippen LogP contribution < -0.4 is 23.6 Å². The summed E-state index contributed by atoms with van der Waals surface area (Å²) in [6.45, 7) is 0. The number of rotatable bonds is 5. The van der Waals surface area contributed by atoms with Crippen molar-refractivity contribution in [1.29, 1.82) is 0 Å². The van der Waals surface area contributed by atoms with Crippen molar-refractivity contribution in [2.45, 2.75) is 12.5 Å². The summed E-state index contributed by atoms with van der Waals surface area (Å²) in [5, 5.41) is 4.02. The Bertz CT molecular complexity index is 864. The number of quaternary nitrogens is 1. The van der Waals surface area contributed by atoms with E-state index < -0.39 is 6.04 Å². The predicted molar refractivity (Wildman–Crippen MR) is 92.1 cm³/mol. The Kier molecular flexibility index (Phi) is 6.56. The Balaban J connectivity index is 0.00000225. The van der Waals surface area contributed by atoms with Gasteiger partial charge in [0.05, 0.1) is 17.2 Å². The Hall–Kier alpha value is -2.83. The van der Waals surface area contributed by atoms with Gasteiger partial charge in [0.2, 0.25) is 0 Å². The first-order chi connectivity index (χ1) is 11.7. The molecule has 0 unspecified atom stereocenters. The van der Waals surface area contributed by atoms with Gasteiger partial charge in [0.1, 0.15) is 0 Å². The molecule has 1 amide bonds. The van der Waals surface area contributed by atoms with Crippen LogP contribution in [0.25, 0.3) is 11.0 Å². The minimum atomic E-state index is -0.406. The van der Waals surface area contributed by atoms with E-state index in [1.54, 1.807) is 18.6 Å². The first kappa shape index (κ1) is 18.5. The van der Waals surface area contributed by atoms with Crippen LogP contribution >= 0.6 is 0 Å². The molecule has 2 aromatic carbocycles. The Morgan fingerprint density at radius 1 is 1.12 bits per heavy atom. The van der Waals surface area contributed by atoms with Gasteiger partial charge in [0, 0.05) is 24.4 Å². The number of nitrogens with one attached hydrogen (secondary N) is 1. The molecule has 0 aliphatic carbocycles. The molecule has 25 heavy (non-hydrogen) atoms. The maximum atomic E-state index is 12.1. The summed E-state index contributed by atoms with van der Waals surface area (Å²) in [5.41, 5.74) is 9.83. The molecule has 0 saturated carbocycles. The lowest BCUT2D eigenvalue weighted by Crippen LogP contribution is -3.00. The number of fused-ring (bicyclic) bond motifs is 1. The third-order valence-corrected chi connectivity index (χ3v) is 3.60. The van der Waals surface area contributed by atoms with Gasteiger partial charge in [0.15, 0.2) is 6.04 Å². The number of carbonyl (C=O) groups is 1. The molecule has 1 aromatic heterocycles. The number of amides is 1. The fraction of sp³-hybridized carbons (Fsp3) is 0.111. The summed E-state index contributed by atoms with van der Waals surface area (Å²) in [4.78, 5) is 20.6. The van der Waals surface area contributed by atoms with Gasteiger partial charge in [-0.3, -0.25) is 14.8 Å². The Labute approximate surface area is 151 Å². The lowest BCUT2D eigenvalue weighted by Gasteiger charge is -2.06. The molecule has 3 rings (SSSR count). The largest absolute Gasteiger partial charge is 1.00 e. The molecule has 0 radical (unpaired) electrons. The van der Waals surface area contributed by atoms with E-state index in [0.29, 0.717) is 6.42 Å². The highest BCUT2D eigenvalue weighted by molar-refractivity contribution is 5.96. The number of halogens is 1. The van der Waals surface area contributed by atoms with Crippen LogP contribution in [0.1, 0.15) is 11.1 Å². The van der Waals surface area contributed by atoms with Gasteiger partial charge < -0.3 is 18.1 Å². The SMILES string of the molecule is [Cl-].[NH3+][C@@H](Cc1ccccc1)C(=O)N/N=C/c1cccc2nccnc12. The van der Waals surface area contributed by atoms with Gasteiger partial charge in [-0.05, 0) is 11.6 Å². The molecule has 0 aliphatic heterocycles. The standard InChI is InChI=1S/C18H17N5O.ClH/c19-15(11-13-5-2-1-3-6-13)18(24)23-22-12-14-7-4-8-16-17(14)21-10-9-20-16;/h1-10,12,15H,11,19H2,(H,23,24);1H/b22-12+;/t15-;/m0./s1. The maximum Gasteiger partial charge on any atom is 0.298 e. The molecular formula is C18H18ClN5O. The average Bonchev–Trinajstić information content (AvgIpc) is 2.62. The second-order valence-corrected chi connectivity index (χ2v) is 5.39. The minimum absolute atomic E-state index is 0. The van der Waals surface area contributed by atoms with Crippen LogP contribution in [-0.2, 0) is 11.2 Å². The molecule has 3 aromatic rings. The van der Waals surface area contributed by atoms with Gasteiger partial charge in [0.25, 0.3) is 5.91 Å². The van der Waals surface area contributed by atoms with Crippen LogP contribution in [0.5, 0.6) is 0 Å². The van der Waals surface area contributed by atoms with E-state index in [2.05, 4.69) is 26.2 Å². The van der Waals surface area contributed by atoms with E-state index >= 15 is 0 Å². The molecule has 0 fully saturated rings. The van der Waals surface area contributed by atoms with E-state index in [1.807, 2.05) is 48.5 Å². The van der Waals surface area contributed by atoms with Crippen molar-refractivity contribution in [3.8, 4) is 0 Å². The first-order valence-corrected chi connectivity index (χ1v) is 7.63. The topological polar surface area (TPSA) is 94.9 Å². The van der Waals surface area contributed by atoms with Crippen molar-refractivity contribution in [1.82, 2.24) is 15.4 Å². The Morgan fingerprint density at radius 2 is 1.88 bits per heavy atom. The molecule has 0 bridgehead atoms. The fourth-order valence-electron chi connectivity index (χ4n) is 2.37. The molecule has 0 saturated heterocycles. The zero-order valence-electron chi connectivity index (χ0n) is 13.5. The summed E-state index contributed by atoms with van der Waals surface area (Å²) < 4.78 is 0. The van der Waals surface area contributed by atoms with E-state index in [4.69, 9.17) is 0 Å². The van der Waals surface area contributed by atoms with Crippen LogP contribution in [0, 0.1) is 0 Å². The quantitative estimate of drug-likeness (QED) is 0.407. The normalized spacial score (nSPS) is 11.9. The summed E-state index contributed by atoms with van der Waals surface area (Å²) in [7, 11) is 0. The maximum absolute atomic E-state index is 12.1. The molecule has 0 spiro atoms. The highest BCUT2D eigenvalue weighted by Crippen LogP contribution is 2.11. The van der Waals surface area contributed by atoms with Crippen LogP contribution in [0.3, 0.4) is 0 Å². The van der Waals surface area contributed by atoms with E-state index in [1.165, 1.54) is 0 Å². The number of para-hydroxylation sites is 1. The zero-order chi connectivity index (χ0) is 16.8. The average molecular weight is 356 g/mol. The molecule has 0 aliphatic rings. The van der Waals surface area contributed by atoms with E-state index in [9.17, 15) is 4.79 Å². The first-order valence-electron chi connectivity index (χ1n) is 7.63. The second-order valence-electron chi connectivity index (χ2n) is 5.39. The summed E-state index contributed by atoms with van der Waals surface area (Å²) >= 11 is 0. The van der Waals surface area contributed by atoms with Gasteiger partial charge in [-0.1, -0.05) is 42.5 Å². The lowest BCUT2D eigenvalue weighted by atomic mass is 10.1. The van der Waals surface area contributed by atoms with Crippen LogP contribution in [-0.4, -0.2) is 28.1 Å². The predicted octanol–water partition coefficient (Wildman–Crippen LogP) is -2.06. The van der Waals surface area contributed by atoms with E-state index in [0.717, 1.165) is 22.2 Å². The van der Waals surface area contributed by atoms with E-state index in [-0.39, 0.29) is 18.3 Å². The van der Waals surface area contributed by atoms with Crippen molar-refractivity contribution in [3.05, 3.63) is 72.1 Å². The minimum Gasteiger partial charge on any atom is -1.00 e. The van der Waals surface area contributed by atoms with Crippen molar-refractivity contribution in [3.63, 3.8) is 0 Å². The summed E-state index contributed by atoms with van der Waals surface area (Å²) in [6.07, 6.45) is 5.41. The molecule has 7 heteroatoms. The summed E-state index contributed by atoms with van der Waals surface area (Å²) in [5.74, 6) is -0.221. The molecule has 128 valence electrons. The van der Waals surface area contributed by atoms with Gasteiger partial charge in [-0.2, -0.15) is 5.10 Å². The number of aromatic nitrogens is 2. The van der Waals surface area contributed by atoms with Crippen LogP contribution in [0.2, 0.25) is 0 Å². The molecule has 1 heterocycles. The molecule has 4 N–H and O–H groups in total. The monoisotopic (exact) mass is 355 g/mol. The summed E-state index contributed by atoms with van der Waals surface area (Å²) in [6, 6.07) is 15.0. The third kappa shape index (κ3) is 4.82. The van der Waals surface area contributed by atoms with Crippen molar-refractivity contribution >= 4 is 23.2 Å². The lowest BCUT2D eigenvalue weighted by molar-refractivity contribution is -0.403. The molecule has 1 atom stereocenters. The molecular weight excluding hydrogens is 338 g/mol. The van der Waals surface area contributed by atoms with Crippen LogP contribution in [0.15, 0.2) is 66.0 Å². The number of hydrogen-bond acceptors (Lipinski definition) is 4. The third-order valence-electron chi connectivity index (χ3n) is 3.60.